The fourth-order valence-electron chi connectivity index (χ4n) is 4.77. The predicted molar refractivity (Wildman–Crippen MR) is 163 cm³/mol. The quantitative estimate of drug-likeness (QED) is 0.208. The van der Waals surface area contributed by atoms with Gasteiger partial charge in [0.05, 0.1) is 15.8 Å². The fourth-order valence-corrected chi connectivity index (χ4v) is 6.02. The van der Waals surface area contributed by atoms with Gasteiger partial charge in [-0.15, -0.1) is 11.3 Å². The molecule has 0 saturated carbocycles. The van der Waals surface area contributed by atoms with Crippen molar-refractivity contribution in [1.82, 2.24) is 14.5 Å². The highest BCUT2D eigenvalue weighted by molar-refractivity contribution is 7.22. The lowest BCUT2D eigenvalue weighted by Gasteiger charge is -2.29. The van der Waals surface area contributed by atoms with Crippen molar-refractivity contribution >= 4 is 38.9 Å². The summed E-state index contributed by atoms with van der Waals surface area (Å²) in [5, 5.41) is 1.48. The fraction of sp³-hybridized carbons (Fsp3) is 0.250. The molecule has 0 radical (unpaired) electrons. The Morgan fingerprint density at radius 3 is 2.38 bits per heavy atom. The minimum atomic E-state index is -0.735. The van der Waals surface area contributed by atoms with Crippen molar-refractivity contribution in [3.8, 4) is 32.8 Å². The van der Waals surface area contributed by atoms with Crippen molar-refractivity contribution in [1.29, 1.82) is 0 Å². The number of aryl methyl sites for hydroxylation is 2. The second-order valence-electron chi connectivity index (χ2n) is 10.9. The number of rotatable bonds is 6. The average Bonchev–Trinajstić information content (AvgIpc) is 3.32. The van der Waals surface area contributed by atoms with E-state index in [-0.39, 0.29) is 11.5 Å². The molecule has 3 aromatic carbocycles. The monoisotopic (exact) mass is 571 g/mol. The summed E-state index contributed by atoms with van der Waals surface area (Å²) in [6, 6.07) is 17.7. The van der Waals surface area contributed by atoms with Crippen LogP contribution in [0.15, 0.2) is 71.8 Å². The van der Waals surface area contributed by atoms with Crippen molar-refractivity contribution in [3.63, 3.8) is 0 Å². The summed E-state index contributed by atoms with van der Waals surface area (Å²) in [6.07, 6.45) is 2.63. The molecule has 2 heterocycles. The maximum Gasteiger partial charge on any atom is 0.347 e. The number of halogens is 1. The van der Waals surface area contributed by atoms with Crippen molar-refractivity contribution in [2.24, 2.45) is 7.05 Å². The molecular weight excluding hydrogens is 542 g/mol. The van der Waals surface area contributed by atoms with Crippen LogP contribution in [-0.4, -0.2) is 25.9 Å². The SMILES string of the molecule is CC(=O)[C@@H](OC(C)(C)C)c1c(C)cc2nc(-c3cccc(-c4cnc(=O)n(C)c4)c3)sc2c1-c1ccc(Cl)cc1. The second kappa shape index (κ2) is 10.7. The number of hydrogen-bond donors (Lipinski definition) is 0. The van der Waals surface area contributed by atoms with E-state index < -0.39 is 11.7 Å². The molecule has 2 aromatic heterocycles. The molecule has 40 heavy (non-hydrogen) atoms. The second-order valence-corrected chi connectivity index (χ2v) is 12.3. The van der Waals surface area contributed by atoms with E-state index >= 15 is 0 Å². The maximum absolute atomic E-state index is 13.0. The summed E-state index contributed by atoms with van der Waals surface area (Å²) in [5.41, 5.74) is 6.40. The summed E-state index contributed by atoms with van der Waals surface area (Å²) in [5.74, 6) is -0.0594. The Morgan fingerprint density at radius 2 is 1.73 bits per heavy atom. The molecule has 0 aliphatic carbocycles. The molecule has 0 saturated heterocycles. The highest BCUT2D eigenvalue weighted by Gasteiger charge is 2.30. The predicted octanol–water partition coefficient (Wildman–Crippen LogP) is 7.80. The van der Waals surface area contributed by atoms with Gasteiger partial charge in [-0.05, 0) is 75.6 Å². The molecule has 8 heteroatoms. The van der Waals surface area contributed by atoms with Gasteiger partial charge in [0.15, 0.2) is 5.78 Å². The molecule has 0 amide bonds. The first-order valence-corrected chi connectivity index (χ1v) is 14.1. The van der Waals surface area contributed by atoms with Gasteiger partial charge in [0.25, 0.3) is 0 Å². The molecule has 0 unspecified atom stereocenters. The van der Waals surface area contributed by atoms with Gasteiger partial charge < -0.3 is 9.30 Å². The topological polar surface area (TPSA) is 74.1 Å². The first-order valence-electron chi connectivity index (χ1n) is 12.9. The van der Waals surface area contributed by atoms with Gasteiger partial charge in [0, 0.05) is 46.7 Å². The van der Waals surface area contributed by atoms with Crippen LogP contribution in [0.5, 0.6) is 0 Å². The first-order chi connectivity index (χ1) is 18.9. The molecule has 0 aliphatic rings. The van der Waals surface area contributed by atoms with Crippen molar-refractivity contribution < 1.29 is 9.53 Å². The Labute approximate surface area is 242 Å². The lowest BCUT2D eigenvalue weighted by atomic mass is 9.90. The minimum Gasteiger partial charge on any atom is -0.360 e. The number of carbonyl (C=O) groups excluding carboxylic acids is 1. The van der Waals surface area contributed by atoms with E-state index in [4.69, 9.17) is 21.3 Å². The van der Waals surface area contributed by atoms with E-state index in [1.54, 1.807) is 37.7 Å². The van der Waals surface area contributed by atoms with Gasteiger partial charge in [-0.25, -0.2) is 14.8 Å². The Bertz CT molecular complexity index is 1800. The van der Waals surface area contributed by atoms with Crippen LogP contribution in [-0.2, 0) is 16.6 Å². The Balaban J connectivity index is 1.73. The van der Waals surface area contributed by atoms with Crippen LogP contribution in [0.3, 0.4) is 0 Å². The number of Topliss-reactive ketones (excluding diaryl/α,β-unsaturated/α-hetero) is 1. The summed E-state index contributed by atoms with van der Waals surface area (Å²) in [6.45, 7) is 9.44. The number of benzene rings is 3. The zero-order chi connectivity index (χ0) is 28.8. The van der Waals surface area contributed by atoms with Crippen LogP contribution >= 0.6 is 22.9 Å². The average molecular weight is 572 g/mol. The zero-order valence-corrected chi connectivity index (χ0v) is 24.9. The van der Waals surface area contributed by atoms with Crippen molar-refractivity contribution in [2.75, 3.05) is 0 Å². The molecule has 1 atom stereocenters. The smallest absolute Gasteiger partial charge is 0.347 e. The van der Waals surface area contributed by atoms with Crippen molar-refractivity contribution in [3.05, 3.63) is 93.6 Å². The molecule has 0 N–H and O–H groups in total. The third-order valence-electron chi connectivity index (χ3n) is 6.55. The number of ether oxygens (including phenoxy) is 1. The van der Waals surface area contributed by atoms with Gasteiger partial charge in [-0.1, -0.05) is 41.9 Å². The van der Waals surface area contributed by atoms with Gasteiger partial charge in [-0.2, -0.15) is 0 Å². The van der Waals surface area contributed by atoms with Crippen LogP contribution in [0.2, 0.25) is 5.02 Å². The van der Waals surface area contributed by atoms with Gasteiger partial charge in [0.2, 0.25) is 0 Å². The Hall–Kier alpha value is -3.65. The Morgan fingerprint density at radius 1 is 1.02 bits per heavy atom. The molecule has 0 aliphatic heterocycles. The number of aromatic nitrogens is 3. The summed E-state index contributed by atoms with van der Waals surface area (Å²) in [7, 11) is 1.69. The molecule has 0 bridgehead atoms. The molecule has 0 spiro atoms. The van der Waals surface area contributed by atoms with Crippen molar-refractivity contribution in [2.45, 2.75) is 46.3 Å². The number of nitrogens with zero attached hydrogens (tertiary/aromatic N) is 3. The van der Waals surface area contributed by atoms with E-state index in [0.717, 1.165) is 54.2 Å². The molecule has 5 rings (SSSR count). The highest BCUT2D eigenvalue weighted by atomic mass is 35.5. The van der Waals surface area contributed by atoms with Gasteiger partial charge >= 0.3 is 5.69 Å². The van der Waals surface area contributed by atoms with Crippen LogP contribution < -0.4 is 5.69 Å². The van der Waals surface area contributed by atoms with E-state index in [1.165, 1.54) is 4.57 Å². The molecule has 6 nitrogen and oxygen atoms in total. The van der Waals surface area contributed by atoms with Crippen LogP contribution in [0, 0.1) is 6.92 Å². The van der Waals surface area contributed by atoms with E-state index in [2.05, 4.69) is 11.1 Å². The first kappa shape index (κ1) is 27.9. The Kier molecular flexibility index (Phi) is 7.48. The summed E-state index contributed by atoms with van der Waals surface area (Å²) in [4.78, 5) is 33.8. The van der Waals surface area contributed by atoms with Crippen LogP contribution in [0.1, 0.15) is 44.9 Å². The van der Waals surface area contributed by atoms with E-state index in [9.17, 15) is 9.59 Å². The third-order valence-corrected chi connectivity index (χ3v) is 7.94. The number of carbonyl (C=O) groups is 1. The van der Waals surface area contributed by atoms with E-state index in [1.807, 2.05) is 76.2 Å². The van der Waals surface area contributed by atoms with Gasteiger partial charge in [0.1, 0.15) is 11.1 Å². The molecular formula is C32H30ClN3O3S. The highest BCUT2D eigenvalue weighted by Crippen LogP contribution is 2.44. The lowest BCUT2D eigenvalue weighted by molar-refractivity contribution is -0.138. The normalized spacial score (nSPS) is 12.6. The van der Waals surface area contributed by atoms with Gasteiger partial charge in [-0.3, -0.25) is 4.79 Å². The summed E-state index contributed by atoms with van der Waals surface area (Å²) >= 11 is 7.82. The number of fused-ring (bicyclic) bond motifs is 1. The molecule has 204 valence electrons. The summed E-state index contributed by atoms with van der Waals surface area (Å²) < 4.78 is 8.79. The van der Waals surface area contributed by atoms with Crippen LogP contribution in [0.4, 0.5) is 0 Å². The minimum absolute atomic E-state index is 0.0594. The zero-order valence-electron chi connectivity index (χ0n) is 23.3. The number of hydrogen-bond acceptors (Lipinski definition) is 6. The molecule has 0 fully saturated rings. The maximum atomic E-state index is 13.0. The van der Waals surface area contributed by atoms with Crippen LogP contribution in [0.25, 0.3) is 43.0 Å². The van der Waals surface area contributed by atoms with E-state index in [0.29, 0.717) is 5.02 Å². The largest absolute Gasteiger partial charge is 0.360 e. The number of ketones is 1. The molecule has 5 aromatic rings. The number of thiazole rings is 1. The lowest BCUT2D eigenvalue weighted by Crippen LogP contribution is -2.27. The standard InChI is InChI=1S/C32H30ClN3O3S/c1-18-14-25-29(27(20-10-12-24(33)13-11-20)26(18)28(19(2)37)39-32(3,4)5)40-30(35-25)22-9-7-8-21(15-22)23-16-34-31(38)36(6)17-23/h7-17,28H,1-6H3/t28-/m1/s1. The third kappa shape index (κ3) is 5.63.